The molecule has 6 heteroatoms. The maximum Gasteiger partial charge on any atom is 0.261 e. The fraction of sp³-hybridized carbons (Fsp3) is 0.588. The quantitative estimate of drug-likeness (QED) is 0.933. The van der Waals surface area contributed by atoms with E-state index in [0.29, 0.717) is 0 Å². The van der Waals surface area contributed by atoms with Crippen LogP contribution in [-0.4, -0.2) is 20.7 Å². The molecule has 124 valence electrons. The molecule has 0 aromatic carbocycles. The van der Waals surface area contributed by atoms with Crippen LogP contribution >= 0.6 is 11.3 Å². The number of thiophene rings is 1. The molecule has 0 bridgehead atoms. The lowest BCUT2D eigenvalue weighted by Gasteiger charge is -2.14. The summed E-state index contributed by atoms with van der Waals surface area (Å²) in [7, 11) is 0. The first kappa shape index (κ1) is 16.2. The summed E-state index contributed by atoms with van der Waals surface area (Å²) in [6.45, 7) is 7.13. The summed E-state index contributed by atoms with van der Waals surface area (Å²) in [5.41, 5.74) is 1.25. The maximum absolute atomic E-state index is 12.5. The highest BCUT2D eigenvalue weighted by Gasteiger charge is 2.21. The summed E-state index contributed by atoms with van der Waals surface area (Å²) in [6, 6.07) is 1.88. The third kappa shape index (κ3) is 3.32. The predicted molar refractivity (Wildman–Crippen MR) is 91.9 cm³/mol. The van der Waals surface area contributed by atoms with Crippen LogP contribution in [0, 0.1) is 6.92 Å². The lowest BCUT2D eigenvalue weighted by atomic mass is 10.2. The van der Waals surface area contributed by atoms with Crippen LogP contribution in [0.3, 0.4) is 0 Å². The molecule has 3 heterocycles. The van der Waals surface area contributed by atoms with Gasteiger partial charge in [-0.25, -0.2) is 0 Å². The Bertz CT molecular complexity index is 704. The van der Waals surface area contributed by atoms with Gasteiger partial charge in [0, 0.05) is 17.8 Å². The number of carbonyl (C=O) groups excluding carboxylic acids is 1. The van der Waals surface area contributed by atoms with Crippen LogP contribution < -0.4 is 5.32 Å². The summed E-state index contributed by atoms with van der Waals surface area (Å²) in [5, 5.41) is 11.7. The molecule has 0 aliphatic carbocycles. The number of aryl methyl sites for hydroxylation is 3. The molecular formula is C17H24N4OS. The minimum Gasteiger partial charge on any atom is -0.342 e. The number of nitrogens with one attached hydrogen (secondary N) is 1. The van der Waals surface area contributed by atoms with E-state index in [9.17, 15) is 4.79 Å². The molecular weight excluding hydrogens is 308 g/mol. The second-order valence-corrected chi connectivity index (χ2v) is 7.43. The van der Waals surface area contributed by atoms with Crippen molar-refractivity contribution >= 4 is 17.2 Å². The van der Waals surface area contributed by atoms with Crippen molar-refractivity contribution in [1.82, 2.24) is 20.1 Å². The van der Waals surface area contributed by atoms with Crippen LogP contribution in [0.15, 0.2) is 6.07 Å². The van der Waals surface area contributed by atoms with Gasteiger partial charge in [0.25, 0.3) is 5.91 Å². The Labute approximate surface area is 141 Å². The first-order chi connectivity index (χ1) is 11.1. The smallest absolute Gasteiger partial charge is 0.261 e. The van der Waals surface area contributed by atoms with E-state index in [1.165, 1.54) is 23.3 Å². The van der Waals surface area contributed by atoms with Crippen molar-refractivity contribution in [3.05, 3.63) is 33.0 Å². The molecule has 5 nitrogen and oxygen atoms in total. The molecule has 0 unspecified atom stereocenters. The number of nitrogens with zero attached hydrogens (tertiary/aromatic N) is 3. The van der Waals surface area contributed by atoms with Gasteiger partial charge in [-0.05, 0) is 44.7 Å². The Balaban J connectivity index is 1.75. The van der Waals surface area contributed by atoms with Crippen LogP contribution in [0.25, 0.3) is 0 Å². The zero-order valence-electron chi connectivity index (χ0n) is 14.1. The van der Waals surface area contributed by atoms with Gasteiger partial charge in [0.2, 0.25) is 0 Å². The highest BCUT2D eigenvalue weighted by molar-refractivity contribution is 7.14. The first-order valence-electron chi connectivity index (χ1n) is 8.42. The van der Waals surface area contributed by atoms with Gasteiger partial charge in [-0.15, -0.1) is 21.5 Å². The van der Waals surface area contributed by atoms with E-state index in [-0.39, 0.29) is 11.9 Å². The Kier molecular flexibility index (Phi) is 4.80. The van der Waals surface area contributed by atoms with Crippen LogP contribution in [0.5, 0.6) is 0 Å². The molecule has 0 fully saturated rings. The zero-order chi connectivity index (χ0) is 16.4. The van der Waals surface area contributed by atoms with Crippen LogP contribution in [0.1, 0.15) is 70.9 Å². The summed E-state index contributed by atoms with van der Waals surface area (Å²) < 4.78 is 2.19. The summed E-state index contributed by atoms with van der Waals surface area (Å²) in [5.74, 6) is 1.91. The van der Waals surface area contributed by atoms with Crippen molar-refractivity contribution < 1.29 is 4.79 Å². The standard InChI is InChI=1S/C17H24N4OS/c1-4-13-10-14(23-12(13)3)17(22)18-11(2)16-20-19-15-8-6-5-7-9-21(15)16/h10-11H,4-9H2,1-3H3,(H,18,22)/t11-/m1/s1. The van der Waals surface area contributed by atoms with Crippen LogP contribution in [0.4, 0.5) is 0 Å². The summed E-state index contributed by atoms with van der Waals surface area (Å²) in [4.78, 5) is 14.5. The molecule has 1 N–H and O–H groups in total. The number of aromatic nitrogens is 3. The molecule has 0 spiro atoms. The van der Waals surface area contributed by atoms with E-state index >= 15 is 0 Å². The van der Waals surface area contributed by atoms with E-state index in [0.717, 1.165) is 42.3 Å². The summed E-state index contributed by atoms with van der Waals surface area (Å²) >= 11 is 1.56. The van der Waals surface area contributed by atoms with Crippen molar-refractivity contribution in [3.8, 4) is 0 Å². The Morgan fingerprint density at radius 2 is 2.22 bits per heavy atom. The van der Waals surface area contributed by atoms with E-state index in [1.807, 2.05) is 13.0 Å². The molecule has 0 saturated heterocycles. The fourth-order valence-corrected chi connectivity index (χ4v) is 4.16. The maximum atomic E-state index is 12.5. The molecule has 1 aliphatic heterocycles. The Hall–Kier alpha value is -1.69. The SMILES string of the molecule is CCc1cc(C(=O)N[C@H](C)c2nnc3n2CCCCC3)sc1C. The predicted octanol–water partition coefficient (Wildman–Crippen LogP) is 3.43. The van der Waals surface area contributed by atoms with Gasteiger partial charge in [-0.1, -0.05) is 13.3 Å². The van der Waals surface area contributed by atoms with E-state index < -0.39 is 0 Å². The molecule has 1 atom stereocenters. The number of hydrogen-bond donors (Lipinski definition) is 1. The van der Waals surface area contributed by atoms with Crippen LogP contribution in [0.2, 0.25) is 0 Å². The topological polar surface area (TPSA) is 59.8 Å². The minimum atomic E-state index is -0.130. The molecule has 1 amide bonds. The molecule has 0 saturated carbocycles. The van der Waals surface area contributed by atoms with Gasteiger partial charge in [-0.3, -0.25) is 4.79 Å². The largest absolute Gasteiger partial charge is 0.342 e. The van der Waals surface area contributed by atoms with E-state index in [1.54, 1.807) is 11.3 Å². The Morgan fingerprint density at radius 1 is 1.39 bits per heavy atom. The number of fused-ring (bicyclic) bond motifs is 1. The van der Waals surface area contributed by atoms with Gasteiger partial charge >= 0.3 is 0 Å². The lowest BCUT2D eigenvalue weighted by molar-refractivity contribution is 0.0941. The van der Waals surface area contributed by atoms with E-state index in [2.05, 4.69) is 33.9 Å². The second kappa shape index (κ2) is 6.83. The van der Waals surface area contributed by atoms with Gasteiger partial charge in [0.1, 0.15) is 5.82 Å². The number of amides is 1. The van der Waals surface area contributed by atoms with Gasteiger partial charge in [0.05, 0.1) is 10.9 Å². The highest BCUT2D eigenvalue weighted by atomic mass is 32.1. The third-order valence-corrected chi connectivity index (χ3v) is 5.59. The number of carbonyl (C=O) groups is 1. The molecule has 2 aromatic rings. The monoisotopic (exact) mass is 332 g/mol. The van der Waals surface area contributed by atoms with Gasteiger partial charge in [0.15, 0.2) is 5.82 Å². The molecule has 3 rings (SSSR count). The van der Waals surface area contributed by atoms with Crippen molar-refractivity contribution in [2.45, 2.75) is 65.5 Å². The molecule has 0 radical (unpaired) electrons. The first-order valence-corrected chi connectivity index (χ1v) is 9.24. The zero-order valence-corrected chi connectivity index (χ0v) is 14.9. The van der Waals surface area contributed by atoms with Crippen molar-refractivity contribution in [2.24, 2.45) is 0 Å². The average Bonchev–Trinajstić information content (AvgIpc) is 3.03. The van der Waals surface area contributed by atoms with Gasteiger partial charge in [-0.2, -0.15) is 0 Å². The van der Waals surface area contributed by atoms with Crippen LogP contribution in [-0.2, 0) is 19.4 Å². The van der Waals surface area contributed by atoms with E-state index in [4.69, 9.17) is 0 Å². The minimum absolute atomic E-state index is 0.0173. The normalized spacial score (nSPS) is 15.8. The van der Waals surface area contributed by atoms with Crippen molar-refractivity contribution in [3.63, 3.8) is 0 Å². The fourth-order valence-electron chi connectivity index (χ4n) is 3.14. The molecule has 23 heavy (non-hydrogen) atoms. The average molecular weight is 332 g/mol. The number of hydrogen-bond acceptors (Lipinski definition) is 4. The Morgan fingerprint density at radius 3 is 2.96 bits per heavy atom. The van der Waals surface area contributed by atoms with Crippen molar-refractivity contribution in [1.29, 1.82) is 0 Å². The summed E-state index contributed by atoms with van der Waals surface area (Å²) in [6.07, 6.45) is 5.51. The molecule has 1 aliphatic rings. The van der Waals surface area contributed by atoms with Gasteiger partial charge < -0.3 is 9.88 Å². The number of rotatable bonds is 4. The van der Waals surface area contributed by atoms with Crippen molar-refractivity contribution in [2.75, 3.05) is 0 Å². The highest BCUT2D eigenvalue weighted by Crippen LogP contribution is 2.23. The lowest BCUT2D eigenvalue weighted by Crippen LogP contribution is -2.28. The molecule has 2 aromatic heterocycles. The third-order valence-electron chi connectivity index (χ3n) is 4.50. The second-order valence-electron chi connectivity index (χ2n) is 6.18.